The predicted molar refractivity (Wildman–Crippen MR) is 128 cm³/mol. The van der Waals surface area contributed by atoms with Gasteiger partial charge < -0.3 is 0 Å². The molecule has 4 rings (SSSR count). The van der Waals surface area contributed by atoms with Gasteiger partial charge in [0.15, 0.2) is 14.7 Å². The molecule has 1 aliphatic carbocycles. The third-order valence-corrected chi connectivity index (χ3v) is 6.93. The van der Waals surface area contributed by atoms with E-state index in [0.29, 0.717) is 0 Å². The van der Waals surface area contributed by atoms with Crippen molar-refractivity contribution in [3.8, 4) is 0 Å². The van der Waals surface area contributed by atoms with Crippen LogP contribution in [-0.2, 0) is 10.9 Å². The zero-order valence-electron chi connectivity index (χ0n) is 17.1. The quantitative estimate of drug-likeness (QED) is 0.124. The maximum absolute atomic E-state index is 11.2. The molecule has 0 amide bonds. The minimum atomic E-state index is -11.2. The van der Waals surface area contributed by atoms with E-state index >= 15 is 0 Å². The van der Waals surface area contributed by atoms with E-state index < -0.39 is 19.5 Å². The summed E-state index contributed by atoms with van der Waals surface area (Å²) in [6.07, 6.45) is 7.31. The van der Waals surface area contributed by atoms with Crippen molar-refractivity contribution in [2.45, 2.75) is 21.1 Å². The van der Waals surface area contributed by atoms with Gasteiger partial charge in [0.25, 0.3) is 0 Å². The molecule has 0 saturated heterocycles. The van der Waals surface area contributed by atoms with Crippen molar-refractivity contribution in [2.75, 3.05) is 0 Å². The van der Waals surface area contributed by atoms with Gasteiger partial charge in [-0.2, -0.15) is 0 Å². The molecule has 0 heterocycles. The molecule has 0 aliphatic heterocycles. The van der Waals surface area contributed by atoms with Crippen molar-refractivity contribution in [1.82, 2.24) is 0 Å². The Morgan fingerprint density at radius 1 is 0.636 bits per heavy atom. The summed E-state index contributed by atoms with van der Waals surface area (Å²) in [5.41, 5.74) is 2.56. The van der Waals surface area contributed by atoms with E-state index in [1.165, 1.54) is 25.8 Å². The monoisotopic (exact) mass is 606 g/mol. The Bertz CT molecular complexity index is 1140. The number of hydrogen-bond acceptors (Lipinski definition) is 1. The van der Waals surface area contributed by atoms with Gasteiger partial charge in [0.05, 0.1) is 10.9 Å². The SMILES string of the molecule is S=C1C=CC(c2ccccc2[S+](c2ccccc2)c2ccccc2)=CC1.[F][Sb-]([F])([F])([F])([F])[F]. The van der Waals surface area contributed by atoms with Gasteiger partial charge in [0.2, 0.25) is 0 Å². The van der Waals surface area contributed by atoms with Gasteiger partial charge in [-0.3, -0.25) is 0 Å². The van der Waals surface area contributed by atoms with Crippen LogP contribution in [0.3, 0.4) is 0 Å². The second-order valence-corrected chi connectivity index (χ2v) is 15.0. The van der Waals surface area contributed by atoms with Crippen LogP contribution >= 0.6 is 12.2 Å². The fourth-order valence-corrected chi connectivity index (χ4v) is 5.53. The van der Waals surface area contributed by atoms with Gasteiger partial charge >= 0.3 is 36.4 Å². The van der Waals surface area contributed by atoms with Crippen LogP contribution < -0.4 is 0 Å². The Kier molecular flexibility index (Phi) is 7.23. The normalized spacial score (nSPS) is 15.7. The summed E-state index contributed by atoms with van der Waals surface area (Å²) in [4.78, 5) is 5.02. The molecule has 0 atom stereocenters. The van der Waals surface area contributed by atoms with Crippen LogP contribution in [-0.4, -0.2) is 24.3 Å². The van der Waals surface area contributed by atoms with E-state index in [2.05, 4.69) is 103 Å². The summed E-state index contributed by atoms with van der Waals surface area (Å²) in [5.74, 6) is 0. The van der Waals surface area contributed by atoms with Crippen LogP contribution in [0.2, 0.25) is 0 Å². The first kappa shape index (κ1) is 25.6. The van der Waals surface area contributed by atoms with Gasteiger partial charge in [-0.1, -0.05) is 72.9 Å². The summed E-state index contributed by atoms with van der Waals surface area (Å²) in [5, 5.41) is 0. The van der Waals surface area contributed by atoms with Gasteiger partial charge in [0, 0.05) is 16.8 Å². The Morgan fingerprint density at radius 3 is 1.55 bits per heavy atom. The van der Waals surface area contributed by atoms with Gasteiger partial charge in [-0.15, -0.1) is 0 Å². The van der Waals surface area contributed by atoms with E-state index in [0.717, 1.165) is 11.3 Å². The zero-order chi connectivity index (χ0) is 24.2. The fraction of sp³-hybridized carbons (Fsp3) is 0.0417. The molecule has 174 valence electrons. The van der Waals surface area contributed by atoms with E-state index in [1.807, 2.05) is 0 Å². The molecule has 0 aromatic heterocycles. The van der Waals surface area contributed by atoms with Crippen molar-refractivity contribution >= 4 is 53.0 Å². The van der Waals surface area contributed by atoms with E-state index in [9.17, 15) is 16.9 Å². The number of halogens is 6. The number of thiocarbonyl (C=S) groups is 1. The number of rotatable bonds is 4. The van der Waals surface area contributed by atoms with Crippen LogP contribution in [0.4, 0.5) is 16.9 Å². The molecule has 33 heavy (non-hydrogen) atoms. The first-order chi connectivity index (χ1) is 15.3. The van der Waals surface area contributed by atoms with Crippen LogP contribution in [0, 0.1) is 0 Å². The molecular weight excluding hydrogens is 588 g/mol. The number of hydrogen-bond donors (Lipinski definition) is 0. The standard InChI is InChI=1S/C24H19S2.6FH.Sb/c25-20-17-15-19(16-18-20)23-13-7-8-14-24(23)26(21-9-3-1-4-10-21)22-11-5-2-6-12-22;;;;;;;/h1-17H,18H2;6*1H;/q+1;;;;;;;+5/p-6. The molecule has 1 aliphatic rings. The molecule has 0 N–H and O–H groups in total. The predicted octanol–water partition coefficient (Wildman–Crippen LogP) is 8.64. The average molecular weight is 607 g/mol. The average Bonchev–Trinajstić information content (AvgIpc) is 2.74. The van der Waals surface area contributed by atoms with Crippen LogP contribution in [0.5, 0.6) is 0 Å². The van der Waals surface area contributed by atoms with Crippen LogP contribution in [0.25, 0.3) is 5.57 Å². The van der Waals surface area contributed by atoms with Crippen molar-refractivity contribution < 1.29 is 16.9 Å². The summed E-state index contributed by atoms with van der Waals surface area (Å²) in [6.45, 7) is 0. The number of allylic oxidation sites excluding steroid dienone is 4. The van der Waals surface area contributed by atoms with Crippen molar-refractivity contribution in [1.29, 1.82) is 0 Å². The second kappa shape index (κ2) is 9.32. The van der Waals surface area contributed by atoms with Gasteiger partial charge in [-0.25, -0.2) is 0 Å². The maximum atomic E-state index is 9.93. The Hall–Kier alpha value is -2.02. The van der Waals surface area contributed by atoms with Crippen molar-refractivity contribution in [3.05, 3.63) is 109 Å². The molecule has 0 bridgehead atoms. The summed E-state index contributed by atoms with van der Waals surface area (Å²) < 4.78 is 59.6. The molecule has 0 nitrogen and oxygen atoms in total. The summed E-state index contributed by atoms with van der Waals surface area (Å²) >= 11 is -5.93. The van der Waals surface area contributed by atoms with Gasteiger partial charge in [-0.05, 0) is 48.0 Å². The third kappa shape index (κ3) is 9.03. The first-order valence-electron chi connectivity index (χ1n) is 9.69. The molecule has 9 heteroatoms. The number of benzene rings is 3. The Morgan fingerprint density at radius 2 is 1.09 bits per heavy atom. The van der Waals surface area contributed by atoms with Crippen molar-refractivity contribution in [3.63, 3.8) is 0 Å². The molecule has 3 aromatic rings. The molecule has 3 aromatic carbocycles. The van der Waals surface area contributed by atoms with Crippen LogP contribution in [0.1, 0.15) is 12.0 Å². The topological polar surface area (TPSA) is 0 Å². The third-order valence-electron chi connectivity index (χ3n) is 4.35. The van der Waals surface area contributed by atoms with Gasteiger partial charge in [0.1, 0.15) is 0 Å². The molecule has 0 fully saturated rings. The Labute approximate surface area is 198 Å². The zero-order valence-corrected chi connectivity index (χ0v) is 21.2. The molecule has 0 saturated carbocycles. The molecule has 0 unspecified atom stereocenters. The van der Waals surface area contributed by atoms with E-state index in [1.54, 1.807) is 0 Å². The fourth-order valence-electron chi connectivity index (χ4n) is 3.12. The molecule has 0 spiro atoms. The van der Waals surface area contributed by atoms with E-state index in [-0.39, 0.29) is 10.9 Å². The summed E-state index contributed by atoms with van der Waals surface area (Å²) in [7, 11) is -0.144. The molecular formula is C24H19F6S2Sb. The minimum absolute atomic E-state index is 0.144. The first-order valence-corrected chi connectivity index (χ1v) is 17.1. The summed E-state index contributed by atoms with van der Waals surface area (Å²) in [6, 6.07) is 30.3. The van der Waals surface area contributed by atoms with Crippen molar-refractivity contribution in [2.24, 2.45) is 0 Å². The molecule has 0 radical (unpaired) electrons. The Balaban J connectivity index is 0.000000383. The van der Waals surface area contributed by atoms with Crippen LogP contribution in [0.15, 0.2) is 118 Å². The second-order valence-electron chi connectivity index (χ2n) is 7.05. The van der Waals surface area contributed by atoms with E-state index in [4.69, 9.17) is 12.2 Å².